The van der Waals surface area contributed by atoms with Crippen molar-refractivity contribution in [3.63, 3.8) is 0 Å². The first kappa shape index (κ1) is 35.5. The van der Waals surface area contributed by atoms with Crippen LogP contribution >= 0.6 is 0 Å². The van der Waals surface area contributed by atoms with Crippen molar-refractivity contribution in [2.75, 3.05) is 6.61 Å². The molecule has 7 fully saturated rings. The Balaban J connectivity index is 1.17. The Labute approximate surface area is 286 Å². The number of ether oxygens (including phenoxy) is 4. The summed E-state index contributed by atoms with van der Waals surface area (Å²) in [5.74, 6) is 0.616. The van der Waals surface area contributed by atoms with Crippen LogP contribution in [0.4, 0.5) is 0 Å². The second kappa shape index (κ2) is 10.8. The smallest absolute Gasteiger partial charge is 0.303 e. The molecule has 2 heterocycles. The summed E-state index contributed by atoms with van der Waals surface area (Å²) in [6.07, 6.45) is 1.18. The molecule has 0 amide bonds. The van der Waals surface area contributed by atoms with Crippen LogP contribution < -0.4 is 0 Å². The number of carbonyl (C=O) groups excluding carboxylic acids is 1. The van der Waals surface area contributed by atoms with Gasteiger partial charge in [0, 0.05) is 12.3 Å². The van der Waals surface area contributed by atoms with Gasteiger partial charge in [-0.2, -0.15) is 0 Å². The Morgan fingerprint density at radius 2 is 1.58 bits per heavy atom. The SMILES string of the molecule is CC(=O)O[C@@H]([C@H]1C[C@@H](C)[C@H]2[C@H](O1)[C@](C)(O)[C@@]1(C)[C@@H]3CC[C@H]4C(C)(C)[C@@H](O[C@@H]5OC[C@@H](O)[C@H](O)[C@H]5O)CC[C@@]45C[C@@]35CC[C@]21C)C(C)(C)O. The van der Waals surface area contributed by atoms with Gasteiger partial charge in [0.05, 0.1) is 36.1 Å². The predicted molar refractivity (Wildman–Crippen MR) is 175 cm³/mol. The van der Waals surface area contributed by atoms with E-state index in [1.54, 1.807) is 13.8 Å². The topological polar surface area (TPSA) is 155 Å². The van der Waals surface area contributed by atoms with Gasteiger partial charge in [0.15, 0.2) is 12.4 Å². The monoisotopic (exact) mass is 678 g/mol. The average Bonchev–Trinajstić information content (AvgIpc) is 3.62. The molecule has 0 aromatic heterocycles. The fourth-order valence-corrected chi connectivity index (χ4v) is 14.1. The summed E-state index contributed by atoms with van der Waals surface area (Å²) >= 11 is 0. The molecule has 10 heteroatoms. The van der Waals surface area contributed by atoms with E-state index in [0.29, 0.717) is 18.3 Å². The largest absolute Gasteiger partial charge is 0.457 e. The first-order valence-electron chi connectivity index (χ1n) is 18.7. The summed E-state index contributed by atoms with van der Waals surface area (Å²) < 4.78 is 24.7. The number of hydrogen-bond acceptors (Lipinski definition) is 10. The Morgan fingerprint density at radius 1 is 0.938 bits per heavy atom. The number of esters is 1. The van der Waals surface area contributed by atoms with Gasteiger partial charge in [-0.05, 0) is 117 Å². The number of carbonyl (C=O) groups is 1. The molecule has 48 heavy (non-hydrogen) atoms. The molecule has 2 aliphatic heterocycles. The first-order chi connectivity index (χ1) is 22.1. The van der Waals surface area contributed by atoms with E-state index in [0.717, 1.165) is 44.9 Å². The average molecular weight is 679 g/mol. The molecule has 0 aromatic carbocycles. The van der Waals surface area contributed by atoms with Crippen LogP contribution in [0.1, 0.15) is 114 Å². The summed E-state index contributed by atoms with van der Waals surface area (Å²) in [5, 5.41) is 54.9. The summed E-state index contributed by atoms with van der Waals surface area (Å²) in [6.45, 7) is 18.2. The van der Waals surface area contributed by atoms with Gasteiger partial charge in [-0.3, -0.25) is 4.79 Å². The van der Waals surface area contributed by atoms with E-state index in [2.05, 4.69) is 34.6 Å². The molecule has 0 bridgehead atoms. The van der Waals surface area contributed by atoms with E-state index in [4.69, 9.17) is 18.9 Å². The molecule has 0 radical (unpaired) electrons. The number of fused-ring (bicyclic) bond motifs is 4. The molecular weight excluding hydrogens is 616 g/mol. The van der Waals surface area contributed by atoms with Crippen molar-refractivity contribution in [3.8, 4) is 0 Å². The highest BCUT2D eigenvalue weighted by Crippen LogP contribution is 2.90. The normalized spacial score (nSPS) is 56.1. The van der Waals surface area contributed by atoms with Crippen LogP contribution in [0.25, 0.3) is 0 Å². The predicted octanol–water partition coefficient (Wildman–Crippen LogP) is 3.72. The molecule has 0 unspecified atom stereocenters. The third kappa shape index (κ3) is 4.42. The molecule has 7 rings (SSSR count). The van der Waals surface area contributed by atoms with Gasteiger partial charge in [0.25, 0.3) is 0 Å². The van der Waals surface area contributed by atoms with Crippen LogP contribution in [-0.2, 0) is 23.7 Å². The second-order valence-corrected chi connectivity index (χ2v) is 19.2. The van der Waals surface area contributed by atoms with Gasteiger partial charge < -0.3 is 44.5 Å². The lowest BCUT2D eigenvalue weighted by Crippen LogP contribution is -2.63. The van der Waals surface area contributed by atoms with E-state index in [1.165, 1.54) is 6.92 Å². The van der Waals surface area contributed by atoms with Gasteiger partial charge in [-0.1, -0.05) is 34.6 Å². The quantitative estimate of drug-likeness (QED) is 0.215. The second-order valence-electron chi connectivity index (χ2n) is 19.2. The molecule has 10 nitrogen and oxygen atoms in total. The molecule has 5 N–H and O–H groups in total. The Kier molecular flexibility index (Phi) is 8.03. The van der Waals surface area contributed by atoms with E-state index in [-0.39, 0.29) is 46.2 Å². The van der Waals surface area contributed by atoms with Crippen molar-refractivity contribution >= 4 is 5.97 Å². The lowest BCUT2D eigenvalue weighted by molar-refractivity contribution is -0.303. The molecule has 5 aliphatic carbocycles. The number of aliphatic hydroxyl groups is 5. The van der Waals surface area contributed by atoms with Crippen LogP contribution in [0.5, 0.6) is 0 Å². The number of rotatable bonds is 5. The van der Waals surface area contributed by atoms with Gasteiger partial charge in [-0.15, -0.1) is 0 Å². The summed E-state index contributed by atoms with van der Waals surface area (Å²) in [6, 6.07) is 0. The maximum absolute atomic E-state index is 13.0. The Morgan fingerprint density at radius 3 is 2.23 bits per heavy atom. The molecule has 0 aromatic rings. The maximum Gasteiger partial charge on any atom is 0.303 e. The molecular formula is C38H62O10. The summed E-state index contributed by atoms with van der Waals surface area (Å²) in [7, 11) is 0. The fourth-order valence-electron chi connectivity index (χ4n) is 14.1. The lowest BCUT2D eigenvalue weighted by Gasteiger charge is -2.65. The molecule has 5 saturated carbocycles. The van der Waals surface area contributed by atoms with E-state index in [9.17, 15) is 30.3 Å². The van der Waals surface area contributed by atoms with Crippen LogP contribution in [-0.4, -0.2) is 98.3 Å². The maximum atomic E-state index is 13.0. The molecule has 2 spiro atoms. The van der Waals surface area contributed by atoms with Crippen molar-refractivity contribution < 1.29 is 49.3 Å². The van der Waals surface area contributed by atoms with E-state index >= 15 is 0 Å². The zero-order valence-electron chi connectivity index (χ0n) is 30.6. The third-order valence-corrected chi connectivity index (χ3v) is 16.4. The zero-order chi connectivity index (χ0) is 35.2. The molecule has 2 saturated heterocycles. The van der Waals surface area contributed by atoms with Crippen LogP contribution in [0.2, 0.25) is 0 Å². The highest BCUT2D eigenvalue weighted by molar-refractivity contribution is 5.66. The van der Waals surface area contributed by atoms with Crippen molar-refractivity contribution in [2.45, 2.75) is 174 Å². The molecule has 274 valence electrons. The Bertz CT molecular complexity index is 1290. The highest BCUT2D eigenvalue weighted by atomic mass is 16.7. The highest BCUT2D eigenvalue weighted by Gasteiger charge is 2.86. The minimum Gasteiger partial charge on any atom is -0.457 e. The van der Waals surface area contributed by atoms with Gasteiger partial charge in [0.2, 0.25) is 0 Å². The van der Waals surface area contributed by atoms with Gasteiger partial charge in [-0.25, -0.2) is 0 Å². The van der Waals surface area contributed by atoms with Gasteiger partial charge in [0.1, 0.15) is 18.3 Å². The van der Waals surface area contributed by atoms with Crippen LogP contribution in [0.3, 0.4) is 0 Å². The number of hydrogen-bond donors (Lipinski definition) is 5. The summed E-state index contributed by atoms with van der Waals surface area (Å²) in [5.41, 5.74) is -2.91. The van der Waals surface area contributed by atoms with E-state index < -0.39 is 65.5 Å². The molecule has 7 aliphatic rings. The van der Waals surface area contributed by atoms with Crippen molar-refractivity contribution in [3.05, 3.63) is 0 Å². The zero-order valence-corrected chi connectivity index (χ0v) is 30.6. The van der Waals surface area contributed by atoms with Gasteiger partial charge >= 0.3 is 5.97 Å². The lowest BCUT2D eigenvalue weighted by atomic mass is 9.40. The number of aliphatic hydroxyl groups excluding tert-OH is 3. The Hall–Kier alpha value is -0.850. The van der Waals surface area contributed by atoms with Crippen molar-refractivity contribution in [2.24, 2.45) is 50.7 Å². The third-order valence-electron chi connectivity index (χ3n) is 16.4. The van der Waals surface area contributed by atoms with Crippen molar-refractivity contribution in [1.29, 1.82) is 0 Å². The summed E-state index contributed by atoms with van der Waals surface area (Å²) in [4.78, 5) is 12.1. The molecule has 17 atom stereocenters. The van der Waals surface area contributed by atoms with Crippen LogP contribution in [0, 0.1) is 50.7 Å². The van der Waals surface area contributed by atoms with E-state index in [1.807, 2.05) is 6.92 Å². The minimum atomic E-state index is -1.30. The fraction of sp³-hybridized carbons (Fsp3) is 0.974. The van der Waals surface area contributed by atoms with Crippen molar-refractivity contribution in [1.82, 2.24) is 0 Å². The van der Waals surface area contributed by atoms with Crippen LogP contribution in [0.15, 0.2) is 0 Å². The first-order valence-corrected chi connectivity index (χ1v) is 18.7. The standard InChI is InChI=1S/C38H62O10/c1-19-16-22(29(33(5,6)43)46-20(2)39)47-30-26(19)34(7)14-15-38-18-37(38)13-12-25(48-31-28(42)27(41)21(40)17-45-31)32(3,4)23(37)10-11-24(38)35(34,8)36(30,9)44/h19,21-31,40-44H,10-18H2,1-9H3/t19-,21-,22-,23+,24+,25+,26+,27+,28-,29+,30+,31+,34-,35+,36+,37-,38+/m1/s1. The minimum absolute atomic E-state index is 0.0707.